The molecule has 2 unspecified atom stereocenters. The van der Waals surface area contributed by atoms with E-state index in [1.807, 2.05) is 12.1 Å². The molecule has 1 saturated carbocycles. The molecule has 0 spiro atoms. The molecule has 0 bridgehead atoms. The number of nitrogens with one attached hydrogen (secondary N) is 1. The molecule has 1 aromatic heterocycles. The fourth-order valence-corrected chi connectivity index (χ4v) is 3.84. The zero-order chi connectivity index (χ0) is 14.9. The number of H-pyrrole nitrogens is 1. The molecule has 0 saturated heterocycles. The van der Waals surface area contributed by atoms with Crippen LogP contribution in [-0.2, 0) is 4.79 Å². The molecule has 0 amide bonds. The number of carbonyl (C=O) groups excluding carboxylic acids is 1. The van der Waals surface area contributed by atoms with E-state index in [0.29, 0.717) is 5.78 Å². The van der Waals surface area contributed by atoms with Gasteiger partial charge < -0.3 is 4.98 Å². The number of benzene rings is 2. The molecule has 22 heavy (non-hydrogen) atoms. The van der Waals surface area contributed by atoms with Gasteiger partial charge in [-0.2, -0.15) is 0 Å². The Bertz CT molecular complexity index is 803. The Morgan fingerprint density at radius 3 is 2.55 bits per heavy atom. The van der Waals surface area contributed by atoms with Crippen molar-refractivity contribution < 1.29 is 4.79 Å². The molecule has 0 aliphatic heterocycles. The number of carbonyl (C=O) groups is 1. The van der Waals surface area contributed by atoms with E-state index in [0.717, 1.165) is 24.8 Å². The van der Waals surface area contributed by atoms with E-state index >= 15 is 0 Å². The lowest BCUT2D eigenvalue weighted by Gasteiger charge is -2.23. The molecule has 2 aromatic carbocycles. The lowest BCUT2D eigenvalue weighted by Crippen LogP contribution is -2.18. The zero-order valence-corrected chi connectivity index (χ0v) is 12.5. The quantitative estimate of drug-likeness (QED) is 0.746. The monoisotopic (exact) mass is 289 g/mol. The second-order valence-electron chi connectivity index (χ2n) is 6.14. The number of para-hydroxylation sites is 1. The van der Waals surface area contributed by atoms with Crippen molar-refractivity contribution in [3.63, 3.8) is 0 Å². The van der Waals surface area contributed by atoms with Gasteiger partial charge in [0, 0.05) is 35.4 Å². The van der Waals surface area contributed by atoms with Gasteiger partial charge in [0.15, 0.2) is 0 Å². The van der Waals surface area contributed by atoms with Crippen molar-refractivity contribution in [1.82, 2.24) is 4.98 Å². The average molecular weight is 289 g/mol. The normalized spacial score (nSPS) is 19.6. The number of aromatic nitrogens is 1. The topological polar surface area (TPSA) is 32.9 Å². The van der Waals surface area contributed by atoms with E-state index in [1.54, 1.807) is 0 Å². The smallest absolute Gasteiger partial charge is 0.136 e. The summed E-state index contributed by atoms with van der Waals surface area (Å²) in [6, 6.07) is 18.8. The largest absolute Gasteiger partial charge is 0.361 e. The van der Waals surface area contributed by atoms with Gasteiger partial charge in [0.05, 0.1) is 0 Å². The first-order chi connectivity index (χ1) is 10.8. The fraction of sp³-hybridized carbons (Fsp3) is 0.250. The first-order valence-electron chi connectivity index (χ1n) is 7.98. The predicted octanol–water partition coefficient (Wildman–Crippen LogP) is 4.67. The molecule has 1 aliphatic rings. The molecular formula is C20H19NO. The minimum absolute atomic E-state index is 0.113. The third kappa shape index (κ3) is 2.16. The molecular weight excluding hydrogens is 270 g/mol. The third-order valence-electron chi connectivity index (χ3n) is 4.87. The highest BCUT2D eigenvalue weighted by molar-refractivity contribution is 5.88. The Hall–Kier alpha value is -2.35. The number of hydrogen-bond donors (Lipinski definition) is 1. The van der Waals surface area contributed by atoms with Crippen molar-refractivity contribution in [2.45, 2.75) is 25.2 Å². The maximum Gasteiger partial charge on any atom is 0.136 e. The summed E-state index contributed by atoms with van der Waals surface area (Å²) in [5.74, 6) is 0.688. The zero-order valence-electron chi connectivity index (χ0n) is 12.5. The molecule has 3 aromatic rings. The first-order valence-corrected chi connectivity index (χ1v) is 7.98. The second-order valence-corrected chi connectivity index (χ2v) is 6.14. The first kappa shape index (κ1) is 13.3. The van der Waals surface area contributed by atoms with Crippen molar-refractivity contribution in [2.24, 2.45) is 5.92 Å². The maximum atomic E-state index is 12.4. The van der Waals surface area contributed by atoms with E-state index in [9.17, 15) is 4.79 Å². The number of hydrogen-bond acceptors (Lipinski definition) is 1. The average Bonchev–Trinajstić information content (AvgIpc) is 3.17. The van der Waals surface area contributed by atoms with Crippen LogP contribution >= 0.6 is 0 Å². The van der Waals surface area contributed by atoms with Crippen LogP contribution in [0.3, 0.4) is 0 Å². The van der Waals surface area contributed by atoms with Crippen LogP contribution in [0.4, 0.5) is 0 Å². The Labute approximate surface area is 130 Å². The van der Waals surface area contributed by atoms with Gasteiger partial charge in [0.1, 0.15) is 5.78 Å². The molecule has 0 radical (unpaired) electrons. The number of Topliss-reactive ketones (excluding diaryl/α,β-unsaturated/α-hetero) is 1. The lowest BCUT2D eigenvalue weighted by atomic mass is 9.79. The Kier molecular flexibility index (Phi) is 3.30. The molecule has 1 N–H and O–H groups in total. The van der Waals surface area contributed by atoms with Crippen molar-refractivity contribution >= 4 is 16.7 Å². The van der Waals surface area contributed by atoms with Gasteiger partial charge in [-0.25, -0.2) is 0 Å². The van der Waals surface area contributed by atoms with Crippen molar-refractivity contribution in [3.05, 3.63) is 71.9 Å². The molecule has 4 rings (SSSR count). The number of fused-ring (bicyclic) bond motifs is 1. The molecule has 1 heterocycles. The lowest BCUT2D eigenvalue weighted by molar-refractivity contribution is -0.120. The van der Waals surface area contributed by atoms with E-state index in [2.05, 4.69) is 53.6 Å². The van der Waals surface area contributed by atoms with Crippen LogP contribution in [0.5, 0.6) is 0 Å². The number of ketones is 1. The highest BCUT2D eigenvalue weighted by Gasteiger charge is 2.35. The molecule has 110 valence electrons. The van der Waals surface area contributed by atoms with Crippen molar-refractivity contribution in [3.8, 4) is 0 Å². The predicted molar refractivity (Wildman–Crippen MR) is 88.9 cm³/mol. The summed E-state index contributed by atoms with van der Waals surface area (Å²) >= 11 is 0. The Morgan fingerprint density at radius 2 is 1.77 bits per heavy atom. The number of rotatable bonds is 3. The molecule has 2 heteroatoms. The standard InChI is InChI=1S/C20H19NO/c22-19-12-6-10-16(19)20(14-7-2-1-3-8-14)17-13-21-18-11-5-4-9-15(17)18/h1-5,7-9,11,13,16,20-21H,6,10,12H2. The van der Waals surface area contributed by atoms with Gasteiger partial charge in [-0.3, -0.25) is 4.79 Å². The van der Waals surface area contributed by atoms with Gasteiger partial charge in [0.2, 0.25) is 0 Å². The van der Waals surface area contributed by atoms with Crippen LogP contribution in [0.15, 0.2) is 60.8 Å². The van der Waals surface area contributed by atoms with Crippen molar-refractivity contribution in [2.75, 3.05) is 0 Å². The molecule has 2 nitrogen and oxygen atoms in total. The second kappa shape index (κ2) is 5.45. The van der Waals surface area contributed by atoms with Crippen molar-refractivity contribution in [1.29, 1.82) is 0 Å². The highest BCUT2D eigenvalue weighted by Crippen LogP contribution is 2.41. The third-order valence-corrected chi connectivity index (χ3v) is 4.87. The Balaban J connectivity index is 1.89. The number of aromatic amines is 1. The van der Waals surface area contributed by atoms with Crippen LogP contribution in [-0.4, -0.2) is 10.8 Å². The van der Waals surface area contributed by atoms with E-state index < -0.39 is 0 Å². The van der Waals surface area contributed by atoms with E-state index in [-0.39, 0.29) is 11.8 Å². The fourth-order valence-electron chi connectivity index (χ4n) is 3.84. The summed E-state index contributed by atoms with van der Waals surface area (Å²) < 4.78 is 0. The minimum Gasteiger partial charge on any atom is -0.361 e. The maximum absolute atomic E-state index is 12.4. The molecule has 1 fully saturated rings. The summed E-state index contributed by atoms with van der Waals surface area (Å²) in [5, 5.41) is 1.23. The van der Waals surface area contributed by atoms with Crippen LogP contribution in [0.1, 0.15) is 36.3 Å². The van der Waals surface area contributed by atoms with Crippen LogP contribution in [0.2, 0.25) is 0 Å². The summed E-state index contributed by atoms with van der Waals surface area (Å²) in [6.07, 6.45) is 4.84. The van der Waals surface area contributed by atoms with Crippen LogP contribution in [0.25, 0.3) is 10.9 Å². The molecule has 2 atom stereocenters. The summed E-state index contributed by atoms with van der Waals surface area (Å²) in [7, 11) is 0. The minimum atomic E-state index is 0.113. The summed E-state index contributed by atoms with van der Waals surface area (Å²) in [6.45, 7) is 0. The van der Waals surface area contributed by atoms with Gasteiger partial charge in [0.25, 0.3) is 0 Å². The SMILES string of the molecule is O=C1CCCC1C(c1ccccc1)c1c[nH]c2ccccc12. The van der Waals surface area contributed by atoms with Gasteiger partial charge in [-0.1, -0.05) is 48.5 Å². The van der Waals surface area contributed by atoms with Crippen LogP contribution in [0, 0.1) is 5.92 Å². The Morgan fingerprint density at radius 1 is 1.00 bits per heavy atom. The molecule has 1 aliphatic carbocycles. The summed E-state index contributed by atoms with van der Waals surface area (Å²) in [4.78, 5) is 15.8. The van der Waals surface area contributed by atoms with Gasteiger partial charge in [-0.15, -0.1) is 0 Å². The van der Waals surface area contributed by atoms with E-state index in [1.165, 1.54) is 16.5 Å². The summed E-state index contributed by atoms with van der Waals surface area (Å²) in [5.41, 5.74) is 3.64. The van der Waals surface area contributed by atoms with E-state index in [4.69, 9.17) is 0 Å². The van der Waals surface area contributed by atoms with Gasteiger partial charge in [-0.05, 0) is 30.0 Å². The highest BCUT2D eigenvalue weighted by atomic mass is 16.1. The van der Waals surface area contributed by atoms with Crippen LogP contribution < -0.4 is 0 Å². The van der Waals surface area contributed by atoms with Gasteiger partial charge >= 0.3 is 0 Å².